The first-order valence-corrected chi connectivity index (χ1v) is 8.10. The van der Waals surface area contributed by atoms with Crippen LogP contribution in [-0.2, 0) is 11.8 Å². The number of ether oxygens (including phenoxy) is 1. The molecule has 3 rings (SSSR count). The normalized spacial score (nSPS) is 24.5. The predicted molar refractivity (Wildman–Crippen MR) is 83.7 cm³/mol. The number of piperidine rings is 1. The maximum Gasteiger partial charge on any atom is 0.274 e. The lowest BCUT2D eigenvalue weighted by Gasteiger charge is -2.58. The summed E-state index contributed by atoms with van der Waals surface area (Å²) >= 11 is 0. The second-order valence-electron chi connectivity index (χ2n) is 6.75. The van der Waals surface area contributed by atoms with Crippen LogP contribution in [0.1, 0.15) is 30.3 Å². The van der Waals surface area contributed by atoms with Crippen molar-refractivity contribution in [2.45, 2.75) is 25.3 Å². The standard InChI is InChI=1S/C16H26N4O2/c1-4-22-9-13-5-6-19(3)16(7-13)10-20(11-16)15(21)14-8-18(2)12-17-14/h8,12-13H,4-7,9-11H2,1-3H3/t13-/m0/s1. The first-order valence-electron chi connectivity index (χ1n) is 8.10. The summed E-state index contributed by atoms with van der Waals surface area (Å²) in [5, 5.41) is 0. The van der Waals surface area contributed by atoms with Gasteiger partial charge in [-0.25, -0.2) is 4.98 Å². The fraction of sp³-hybridized carbons (Fsp3) is 0.750. The Kier molecular flexibility index (Phi) is 4.23. The van der Waals surface area contributed by atoms with Gasteiger partial charge in [-0.05, 0) is 39.3 Å². The molecule has 2 aliphatic rings. The summed E-state index contributed by atoms with van der Waals surface area (Å²) in [5.74, 6) is 0.662. The third-order valence-electron chi connectivity index (χ3n) is 5.09. The largest absolute Gasteiger partial charge is 0.381 e. The molecule has 0 N–H and O–H groups in total. The van der Waals surface area contributed by atoms with Crippen molar-refractivity contribution < 1.29 is 9.53 Å². The molecule has 0 aromatic carbocycles. The van der Waals surface area contributed by atoms with Crippen molar-refractivity contribution in [2.24, 2.45) is 13.0 Å². The summed E-state index contributed by atoms with van der Waals surface area (Å²) < 4.78 is 7.42. The minimum atomic E-state index is 0.0477. The van der Waals surface area contributed by atoms with Gasteiger partial charge in [0.2, 0.25) is 0 Å². The van der Waals surface area contributed by atoms with Gasteiger partial charge in [0.05, 0.1) is 11.9 Å². The molecule has 2 aliphatic heterocycles. The Bertz CT molecular complexity index is 534. The van der Waals surface area contributed by atoms with E-state index in [-0.39, 0.29) is 11.4 Å². The molecule has 2 fully saturated rings. The van der Waals surface area contributed by atoms with Gasteiger partial charge in [0, 0.05) is 39.5 Å². The maximum absolute atomic E-state index is 12.4. The van der Waals surface area contributed by atoms with Crippen LogP contribution in [0.3, 0.4) is 0 Å². The van der Waals surface area contributed by atoms with Crippen LogP contribution in [0.25, 0.3) is 0 Å². The molecule has 0 saturated carbocycles. The summed E-state index contributed by atoms with van der Waals surface area (Å²) in [5.41, 5.74) is 0.687. The average Bonchev–Trinajstić information content (AvgIpc) is 2.90. The van der Waals surface area contributed by atoms with Crippen LogP contribution in [0.15, 0.2) is 12.5 Å². The number of hydrogen-bond acceptors (Lipinski definition) is 4. The number of carbonyl (C=O) groups excluding carboxylic acids is 1. The minimum Gasteiger partial charge on any atom is -0.381 e. The van der Waals surface area contributed by atoms with E-state index in [1.165, 1.54) is 6.42 Å². The van der Waals surface area contributed by atoms with Crippen molar-refractivity contribution in [3.05, 3.63) is 18.2 Å². The zero-order valence-corrected chi connectivity index (χ0v) is 13.8. The maximum atomic E-state index is 12.4. The Hall–Kier alpha value is -1.40. The van der Waals surface area contributed by atoms with Gasteiger partial charge in [-0.15, -0.1) is 0 Å². The van der Waals surface area contributed by atoms with E-state index in [9.17, 15) is 4.79 Å². The van der Waals surface area contributed by atoms with Crippen LogP contribution in [0, 0.1) is 5.92 Å². The zero-order valence-electron chi connectivity index (χ0n) is 13.8. The molecule has 22 heavy (non-hydrogen) atoms. The quantitative estimate of drug-likeness (QED) is 0.832. The first kappa shape index (κ1) is 15.5. The second-order valence-corrected chi connectivity index (χ2v) is 6.75. The summed E-state index contributed by atoms with van der Waals surface area (Å²) in [6.07, 6.45) is 5.77. The smallest absolute Gasteiger partial charge is 0.274 e. The number of likely N-dealkylation sites (N-methyl/N-ethyl adjacent to an activating group) is 1. The lowest BCUT2D eigenvalue weighted by molar-refractivity contribution is -0.0753. The molecule has 1 atom stereocenters. The number of nitrogens with zero attached hydrogens (tertiary/aromatic N) is 4. The van der Waals surface area contributed by atoms with E-state index in [0.717, 1.165) is 39.3 Å². The minimum absolute atomic E-state index is 0.0477. The monoisotopic (exact) mass is 306 g/mol. The third kappa shape index (κ3) is 2.77. The van der Waals surface area contributed by atoms with Crippen molar-refractivity contribution in [1.29, 1.82) is 0 Å². The highest BCUT2D eigenvalue weighted by atomic mass is 16.5. The van der Waals surface area contributed by atoms with E-state index in [2.05, 4.69) is 16.9 Å². The Morgan fingerprint density at radius 3 is 2.86 bits per heavy atom. The number of likely N-dealkylation sites (tertiary alicyclic amines) is 2. The predicted octanol–water partition coefficient (Wildman–Crippen LogP) is 0.993. The summed E-state index contributed by atoms with van der Waals surface area (Å²) in [4.78, 5) is 20.9. The number of aryl methyl sites for hydroxylation is 1. The molecule has 6 heteroatoms. The van der Waals surface area contributed by atoms with Crippen molar-refractivity contribution in [1.82, 2.24) is 19.4 Å². The van der Waals surface area contributed by atoms with Gasteiger partial charge in [-0.2, -0.15) is 0 Å². The van der Waals surface area contributed by atoms with Gasteiger partial charge in [0.15, 0.2) is 0 Å². The van der Waals surface area contributed by atoms with Gasteiger partial charge in [0.25, 0.3) is 5.91 Å². The lowest BCUT2D eigenvalue weighted by atomic mass is 9.75. The van der Waals surface area contributed by atoms with E-state index >= 15 is 0 Å². The Labute approximate surface area is 132 Å². The third-order valence-corrected chi connectivity index (χ3v) is 5.09. The molecular weight excluding hydrogens is 280 g/mol. The molecule has 0 bridgehead atoms. The highest BCUT2D eigenvalue weighted by Gasteiger charge is 2.51. The summed E-state index contributed by atoms with van der Waals surface area (Å²) in [7, 11) is 4.06. The van der Waals surface area contributed by atoms with Gasteiger partial charge >= 0.3 is 0 Å². The van der Waals surface area contributed by atoms with Crippen LogP contribution >= 0.6 is 0 Å². The molecule has 1 amide bonds. The van der Waals surface area contributed by atoms with E-state index in [4.69, 9.17) is 4.74 Å². The van der Waals surface area contributed by atoms with Crippen molar-refractivity contribution >= 4 is 5.91 Å². The van der Waals surface area contributed by atoms with E-state index in [1.54, 1.807) is 12.5 Å². The number of imidazole rings is 1. The van der Waals surface area contributed by atoms with Crippen LogP contribution in [0.4, 0.5) is 0 Å². The Morgan fingerprint density at radius 1 is 1.45 bits per heavy atom. The molecule has 2 saturated heterocycles. The van der Waals surface area contributed by atoms with Crippen molar-refractivity contribution in [2.75, 3.05) is 39.9 Å². The van der Waals surface area contributed by atoms with Crippen LogP contribution in [-0.4, -0.2) is 70.7 Å². The molecule has 0 radical (unpaired) electrons. The molecule has 1 aromatic heterocycles. The second kappa shape index (κ2) is 6.01. The molecule has 1 aromatic rings. The summed E-state index contributed by atoms with van der Waals surface area (Å²) in [6.45, 7) is 6.37. The Morgan fingerprint density at radius 2 is 2.23 bits per heavy atom. The number of hydrogen-bond donors (Lipinski definition) is 0. The topological polar surface area (TPSA) is 50.6 Å². The molecule has 122 valence electrons. The molecule has 0 unspecified atom stereocenters. The fourth-order valence-corrected chi connectivity index (χ4v) is 3.70. The fourth-order valence-electron chi connectivity index (χ4n) is 3.70. The van der Waals surface area contributed by atoms with Crippen LogP contribution in [0.2, 0.25) is 0 Å². The van der Waals surface area contributed by atoms with E-state index in [1.807, 2.05) is 23.4 Å². The van der Waals surface area contributed by atoms with Crippen molar-refractivity contribution in [3.63, 3.8) is 0 Å². The molecule has 0 aliphatic carbocycles. The first-order chi connectivity index (χ1) is 10.5. The zero-order chi connectivity index (χ0) is 15.7. The number of rotatable bonds is 4. The van der Waals surface area contributed by atoms with Crippen LogP contribution < -0.4 is 0 Å². The van der Waals surface area contributed by atoms with Crippen molar-refractivity contribution in [3.8, 4) is 0 Å². The van der Waals surface area contributed by atoms with E-state index in [0.29, 0.717) is 11.6 Å². The van der Waals surface area contributed by atoms with Gasteiger partial charge in [-0.1, -0.05) is 0 Å². The Balaban J connectivity index is 1.60. The molecule has 3 heterocycles. The molecule has 6 nitrogen and oxygen atoms in total. The van der Waals surface area contributed by atoms with Gasteiger partial charge in [0.1, 0.15) is 5.69 Å². The average molecular weight is 306 g/mol. The number of carbonyl (C=O) groups is 1. The summed E-state index contributed by atoms with van der Waals surface area (Å²) in [6, 6.07) is 0. The highest BCUT2D eigenvalue weighted by Crippen LogP contribution is 2.38. The highest BCUT2D eigenvalue weighted by molar-refractivity contribution is 5.92. The molecule has 1 spiro atoms. The number of amides is 1. The SMILES string of the molecule is CCOC[C@H]1CCN(C)C2(C1)CN(C(=O)c1cn(C)cn1)C2. The van der Waals surface area contributed by atoms with Gasteiger partial charge in [-0.3, -0.25) is 9.69 Å². The van der Waals surface area contributed by atoms with Gasteiger partial charge < -0.3 is 14.2 Å². The lowest BCUT2D eigenvalue weighted by Crippen LogP contribution is -2.72. The number of aromatic nitrogens is 2. The molecular formula is C16H26N4O2. The van der Waals surface area contributed by atoms with Crippen LogP contribution in [0.5, 0.6) is 0 Å². The van der Waals surface area contributed by atoms with E-state index < -0.39 is 0 Å².